The van der Waals surface area contributed by atoms with Crippen LogP contribution in [-0.4, -0.2) is 21.0 Å². The zero-order valence-electron chi connectivity index (χ0n) is 13.4. The van der Waals surface area contributed by atoms with E-state index in [4.69, 9.17) is 5.11 Å². The average molecular weight is 328 g/mol. The summed E-state index contributed by atoms with van der Waals surface area (Å²) in [5.41, 5.74) is 5.70. The van der Waals surface area contributed by atoms with Crippen molar-refractivity contribution in [2.24, 2.45) is 0 Å². The second-order valence-corrected chi connectivity index (χ2v) is 5.91. The van der Waals surface area contributed by atoms with Gasteiger partial charge in [-0.3, -0.25) is 4.79 Å². The number of aliphatic carboxylic acids is 1. The van der Waals surface area contributed by atoms with Crippen molar-refractivity contribution in [3.05, 3.63) is 78.4 Å². The molecule has 0 atom stereocenters. The highest BCUT2D eigenvalue weighted by Gasteiger charge is 2.09. The number of fused-ring (bicyclic) bond motifs is 1. The first-order chi connectivity index (χ1) is 12.2. The van der Waals surface area contributed by atoms with Crippen molar-refractivity contribution in [1.29, 1.82) is 0 Å². The van der Waals surface area contributed by atoms with Gasteiger partial charge in [-0.25, -0.2) is 4.98 Å². The molecule has 4 rings (SSSR count). The molecule has 0 fully saturated rings. The highest BCUT2D eigenvalue weighted by molar-refractivity contribution is 5.80. The number of carboxylic acids is 1. The van der Waals surface area contributed by atoms with E-state index in [-0.39, 0.29) is 6.42 Å². The number of para-hydroxylation sites is 2. The summed E-state index contributed by atoms with van der Waals surface area (Å²) in [6, 6.07) is 23.5. The standard InChI is InChI=1S/C21H16N2O2/c24-20(25)13-16-5-1-2-6-17(16)14-9-11-15(12-10-14)21-22-18-7-3-4-8-19(18)23-21/h1-12H,13H2,(H,22,23)(H,24,25). The Morgan fingerprint density at radius 3 is 2.32 bits per heavy atom. The Labute approximate surface area is 144 Å². The molecule has 4 nitrogen and oxygen atoms in total. The molecule has 1 heterocycles. The summed E-state index contributed by atoms with van der Waals surface area (Å²) in [5.74, 6) is -0.00193. The van der Waals surface area contributed by atoms with E-state index >= 15 is 0 Å². The first kappa shape index (κ1) is 15.1. The molecule has 1 aromatic heterocycles. The monoisotopic (exact) mass is 328 g/mol. The third-order valence-corrected chi connectivity index (χ3v) is 4.22. The minimum absolute atomic E-state index is 0.0154. The highest BCUT2D eigenvalue weighted by Crippen LogP contribution is 2.27. The first-order valence-electron chi connectivity index (χ1n) is 8.06. The van der Waals surface area contributed by atoms with Crippen molar-refractivity contribution < 1.29 is 9.90 Å². The molecule has 0 aliphatic carbocycles. The van der Waals surface area contributed by atoms with Crippen LogP contribution in [0.25, 0.3) is 33.5 Å². The van der Waals surface area contributed by atoms with Gasteiger partial charge < -0.3 is 10.1 Å². The van der Waals surface area contributed by atoms with E-state index in [1.54, 1.807) is 0 Å². The van der Waals surface area contributed by atoms with Crippen LogP contribution < -0.4 is 0 Å². The number of hydrogen-bond donors (Lipinski definition) is 2. The van der Waals surface area contributed by atoms with Crippen LogP contribution in [0.3, 0.4) is 0 Å². The average Bonchev–Trinajstić information content (AvgIpc) is 3.06. The fraction of sp³-hybridized carbons (Fsp3) is 0.0476. The molecule has 0 saturated carbocycles. The summed E-state index contributed by atoms with van der Waals surface area (Å²) in [5, 5.41) is 9.09. The predicted molar refractivity (Wildman–Crippen MR) is 98.3 cm³/mol. The number of carbonyl (C=O) groups is 1. The maximum absolute atomic E-state index is 11.1. The minimum atomic E-state index is -0.827. The molecule has 0 saturated heterocycles. The molecular formula is C21H16N2O2. The molecule has 2 N–H and O–H groups in total. The molecule has 0 bridgehead atoms. The molecule has 0 amide bonds. The second kappa shape index (κ2) is 6.24. The largest absolute Gasteiger partial charge is 0.481 e. The number of rotatable bonds is 4. The van der Waals surface area contributed by atoms with Crippen LogP contribution >= 0.6 is 0 Å². The summed E-state index contributed by atoms with van der Waals surface area (Å²) >= 11 is 0. The van der Waals surface area contributed by atoms with E-state index in [1.807, 2.05) is 72.8 Å². The third kappa shape index (κ3) is 3.02. The Morgan fingerprint density at radius 2 is 1.56 bits per heavy atom. The number of H-pyrrole nitrogens is 1. The SMILES string of the molecule is O=C(O)Cc1ccccc1-c1ccc(-c2nc3ccccc3[nH]2)cc1. The fourth-order valence-corrected chi connectivity index (χ4v) is 3.02. The second-order valence-electron chi connectivity index (χ2n) is 5.91. The topological polar surface area (TPSA) is 66.0 Å². The Hall–Kier alpha value is -3.40. The lowest BCUT2D eigenvalue weighted by molar-refractivity contribution is -0.136. The van der Waals surface area contributed by atoms with Crippen molar-refractivity contribution in [2.75, 3.05) is 0 Å². The van der Waals surface area contributed by atoms with Gasteiger partial charge in [0.1, 0.15) is 5.82 Å². The van der Waals surface area contributed by atoms with Crippen LogP contribution in [0, 0.1) is 0 Å². The van der Waals surface area contributed by atoms with Gasteiger partial charge in [0.15, 0.2) is 0 Å². The quantitative estimate of drug-likeness (QED) is 0.578. The van der Waals surface area contributed by atoms with Crippen molar-refractivity contribution in [2.45, 2.75) is 6.42 Å². The van der Waals surface area contributed by atoms with Gasteiger partial charge in [-0.2, -0.15) is 0 Å². The zero-order valence-corrected chi connectivity index (χ0v) is 13.4. The van der Waals surface area contributed by atoms with Crippen LogP contribution in [0.4, 0.5) is 0 Å². The van der Waals surface area contributed by atoms with Gasteiger partial charge in [-0.1, -0.05) is 60.7 Å². The predicted octanol–water partition coefficient (Wildman–Crippen LogP) is 4.52. The molecule has 0 radical (unpaired) electrons. The lowest BCUT2D eigenvalue weighted by Gasteiger charge is -2.08. The Bertz CT molecular complexity index is 1020. The van der Waals surface area contributed by atoms with E-state index < -0.39 is 5.97 Å². The number of carboxylic acid groups (broad SMARTS) is 1. The van der Waals surface area contributed by atoms with Crippen molar-refractivity contribution in [3.8, 4) is 22.5 Å². The smallest absolute Gasteiger partial charge is 0.307 e. The van der Waals surface area contributed by atoms with Crippen molar-refractivity contribution in [3.63, 3.8) is 0 Å². The summed E-state index contributed by atoms with van der Waals surface area (Å²) < 4.78 is 0. The number of imidazole rings is 1. The molecule has 0 spiro atoms. The lowest BCUT2D eigenvalue weighted by atomic mass is 9.97. The van der Waals surface area contributed by atoms with Crippen LogP contribution in [0.2, 0.25) is 0 Å². The molecule has 0 aliphatic rings. The van der Waals surface area contributed by atoms with E-state index in [9.17, 15) is 4.79 Å². The third-order valence-electron chi connectivity index (χ3n) is 4.22. The molecule has 122 valence electrons. The number of nitrogens with zero attached hydrogens (tertiary/aromatic N) is 1. The highest BCUT2D eigenvalue weighted by atomic mass is 16.4. The van der Waals surface area contributed by atoms with Gasteiger partial charge in [0.2, 0.25) is 0 Å². The maximum Gasteiger partial charge on any atom is 0.307 e. The Kier molecular flexibility index (Phi) is 3.78. The van der Waals surface area contributed by atoms with E-state index in [1.165, 1.54) is 0 Å². The molecule has 0 unspecified atom stereocenters. The Morgan fingerprint density at radius 1 is 0.880 bits per heavy atom. The molecule has 4 aromatic rings. The zero-order chi connectivity index (χ0) is 17.2. The van der Waals surface area contributed by atoms with Gasteiger partial charge in [0.05, 0.1) is 17.5 Å². The summed E-state index contributed by atoms with van der Waals surface area (Å²) in [6.07, 6.45) is 0.0154. The molecule has 3 aromatic carbocycles. The van der Waals surface area contributed by atoms with Crippen LogP contribution in [0.5, 0.6) is 0 Å². The number of aromatic amines is 1. The summed E-state index contributed by atoms with van der Waals surface area (Å²) in [4.78, 5) is 19.0. The van der Waals surface area contributed by atoms with Crippen LogP contribution in [-0.2, 0) is 11.2 Å². The molecule has 25 heavy (non-hydrogen) atoms. The molecule has 0 aliphatic heterocycles. The molecular weight excluding hydrogens is 312 g/mol. The number of aromatic nitrogens is 2. The number of nitrogens with one attached hydrogen (secondary N) is 1. The van der Waals surface area contributed by atoms with Gasteiger partial charge in [-0.15, -0.1) is 0 Å². The lowest BCUT2D eigenvalue weighted by Crippen LogP contribution is -2.01. The first-order valence-corrected chi connectivity index (χ1v) is 8.06. The summed E-state index contributed by atoms with van der Waals surface area (Å²) in [7, 11) is 0. The van der Waals surface area contributed by atoms with Crippen LogP contribution in [0.15, 0.2) is 72.8 Å². The minimum Gasteiger partial charge on any atom is -0.481 e. The maximum atomic E-state index is 11.1. The van der Waals surface area contributed by atoms with Gasteiger partial charge in [0.25, 0.3) is 0 Å². The normalized spacial score (nSPS) is 10.9. The van der Waals surface area contributed by atoms with Crippen LogP contribution in [0.1, 0.15) is 5.56 Å². The van der Waals surface area contributed by atoms with Crippen molar-refractivity contribution in [1.82, 2.24) is 9.97 Å². The molecule has 4 heteroatoms. The van der Waals surface area contributed by atoms with Gasteiger partial charge >= 0.3 is 5.97 Å². The Balaban J connectivity index is 1.70. The van der Waals surface area contributed by atoms with Gasteiger partial charge in [0, 0.05) is 5.56 Å². The van der Waals surface area contributed by atoms with E-state index in [0.717, 1.165) is 39.1 Å². The fourth-order valence-electron chi connectivity index (χ4n) is 3.02. The van der Waals surface area contributed by atoms with Crippen molar-refractivity contribution >= 4 is 17.0 Å². The number of hydrogen-bond acceptors (Lipinski definition) is 2. The summed E-state index contributed by atoms with van der Waals surface area (Å²) in [6.45, 7) is 0. The number of benzene rings is 3. The van der Waals surface area contributed by atoms with E-state index in [2.05, 4.69) is 9.97 Å². The van der Waals surface area contributed by atoms with E-state index in [0.29, 0.717) is 0 Å². The van der Waals surface area contributed by atoms with Gasteiger partial charge in [-0.05, 0) is 28.8 Å².